The van der Waals surface area contributed by atoms with Crippen LogP contribution in [-0.2, 0) is 17.3 Å². The molecule has 1 saturated carbocycles. The minimum absolute atomic E-state index is 0.686. The standard InChI is InChI=1S/C15H18N2O2/c1-17-13-9-12(6-5-11(13)10-16-17)15(14(18)19)7-3-2-4-8-15/h5-6,9-10H,2-4,7-8H2,1H3,(H,18,19). The predicted octanol–water partition coefficient (Wildman–Crippen LogP) is 2.86. The molecule has 1 fully saturated rings. The molecule has 1 aliphatic rings. The zero-order chi connectivity index (χ0) is 13.5. The van der Waals surface area contributed by atoms with Crippen molar-refractivity contribution in [2.24, 2.45) is 7.05 Å². The van der Waals surface area contributed by atoms with E-state index in [0.717, 1.165) is 48.6 Å². The average molecular weight is 258 g/mol. The number of nitrogens with zero attached hydrogens (tertiary/aromatic N) is 2. The summed E-state index contributed by atoms with van der Waals surface area (Å²) in [6.07, 6.45) is 6.43. The number of benzene rings is 1. The molecule has 0 atom stereocenters. The van der Waals surface area contributed by atoms with Crippen molar-refractivity contribution in [2.75, 3.05) is 0 Å². The third-order valence-electron chi connectivity index (χ3n) is 4.42. The third-order valence-corrected chi connectivity index (χ3v) is 4.42. The smallest absolute Gasteiger partial charge is 0.314 e. The molecule has 3 rings (SSSR count). The van der Waals surface area contributed by atoms with Gasteiger partial charge in [-0.3, -0.25) is 9.48 Å². The number of aliphatic carboxylic acids is 1. The average Bonchev–Trinajstić information content (AvgIpc) is 2.80. The fourth-order valence-corrected chi connectivity index (χ4v) is 3.22. The highest BCUT2D eigenvalue weighted by Crippen LogP contribution is 2.40. The van der Waals surface area contributed by atoms with Gasteiger partial charge in [0.1, 0.15) is 0 Å². The molecule has 1 aliphatic carbocycles. The predicted molar refractivity (Wildman–Crippen MR) is 73.1 cm³/mol. The molecule has 2 aromatic rings. The Balaban J connectivity index is 2.14. The van der Waals surface area contributed by atoms with E-state index in [2.05, 4.69) is 5.10 Å². The Morgan fingerprint density at radius 1 is 1.32 bits per heavy atom. The lowest BCUT2D eigenvalue weighted by molar-refractivity contribution is -0.145. The molecule has 1 aromatic carbocycles. The normalized spacial score (nSPS) is 18.6. The third kappa shape index (κ3) is 1.82. The number of fused-ring (bicyclic) bond motifs is 1. The number of aryl methyl sites for hydroxylation is 1. The second-order valence-corrected chi connectivity index (χ2v) is 5.49. The summed E-state index contributed by atoms with van der Waals surface area (Å²) in [6.45, 7) is 0. The molecule has 0 amide bonds. The topological polar surface area (TPSA) is 55.1 Å². The first-order chi connectivity index (χ1) is 9.13. The zero-order valence-corrected chi connectivity index (χ0v) is 11.1. The number of rotatable bonds is 2. The van der Waals surface area contributed by atoms with Gasteiger partial charge in [0, 0.05) is 12.4 Å². The van der Waals surface area contributed by atoms with Crippen LogP contribution in [0.3, 0.4) is 0 Å². The van der Waals surface area contributed by atoms with Gasteiger partial charge < -0.3 is 5.11 Å². The minimum Gasteiger partial charge on any atom is -0.481 e. The Kier molecular flexibility index (Phi) is 2.81. The van der Waals surface area contributed by atoms with Crippen LogP contribution in [0.4, 0.5) is 0 Å². The zero-order valence-electron chi connectivity index (χ0n) is 11.1. The molecule has 0 radical (unpaired) electrons. The second-order valence-electron chi connectivity index (χ2n) is 5.49. The highest BCUT2D eigenvalue weighted by molar-refractivity contribution is 5.85. The van der Waals surface area contributed by atoms with Crippen LogP contribution in [0.2, 0.25) is 0 Å². The van der Waals surface area contributed by atoms with Crippen molar-refractivity contribution in [3.8, 4) is 0 Å². The van der Waals surface area contributed by atoms with Crippen molar-refractivity contribution in [3.05, 3.63) is 30.0 Å². The van der Waals surface area contributed by atoms with E-state index in [1.807, 2.05) is 31.4 Å². The number of carboxylic acids is 1. The van der Waals surface area contributed by atoms with Crippen LogP contribution in [0.5, 0.6) is 0 Å². The van der Waals surface area contributed by atoms with Gasteiger partial charge in [0.15, 0.2) is 0 Å². The summed E-state index contributed by atoms with van der Waals surface area (Å²) >= 11 is 0. The van der Waals surface area contributed by atoms with Crippen molar-refractivity contribution in [1.82, 2.24) is 9.78 Å². The molecule has 4 nitrogen and oxygen atoms in total. The molecule has 1 aromatic heterocycles. The van der Waals surface area contributed by atoms with Crippen LogP contribution in [0.25, 0.3) is 10.9 Å². The largest absolute Gasteiger partial charge is 0.481 e. The lowest BCUT2D eigenvalue weighted by atomic mass is 9.69. The van der Waals surface area contributed by atoms with Crippen molar-refractivity contribution in [3.63, 3.8) is 0 Å². The summed E-state index contributed by atoms with van der Waals surface area (Å²) in [4.78, 5) is 11.8. The molecule has 0 bridgehead atoms. The number of carboxylic acid groups (broad SMARTS) is 1. The van der Waals surface area contributed by atoms with E-state index >= 15 is 0 Å². The lowest BCUT2D eigenvalue weighted by Gasteiger charge is -2.33. The summed E-state index contributed by atoms with van der Waals surface area (Å²) in [5.74, 6) is -0.686. The van der Waals surface area contributed by atoms with Gasteiger partial charge in [0.05, 0.1) is 17.1 Å². The van der Waals surface area contributed by atoms with Crippen molar-refractivity contribution in [1.29, 1.82) is 0 Å². The fraction of sp³-hybridized carbons (Fsp3) is 0.467. The quantitative estimate of drug-likeness (QED) is 0.901. The maximum absolute atomic E-state index is 11.8. The van der Waals surface area contributed by atoms with Crippen molar-refractivity contribution >= 4 is 16.9 Å². The first kappa shape index (κ1) is 12.2. The molecular formula is C15H18N2O2. The van der Waals surface area contributed by atoms with Gasteiger partial charge in [0.2, 0.25) is 0 Å². The maximum Gasteiger partial charge on any atom is 0.314 e. The Bertz CT molecular complexity index is 624. The number of aromatic nitrogens is 2. The molecule has 100 valence electrons. The fourth-order valence-electron chi connectivity index (χ4n) is 3.22. The Morgan fingerprint density at radius 3 is 2.74 bits per heavy atom. The number of hydrogen-bond acceptors (Lipinski definition) is 2. The van der Waals surface area contributed by atoms with Crippen LogP contribution < -0.4 is 0 Å². The molecule has 4 heteroatoms. The van der Waals surface area contributed by atoms with E-state index in [9.17, 15) is 9.90 Å². The van der Waals surface area contributed by atoms with E-state index in [-0.39, 0.29) is 0 Å². The Labute approximate surface area is 112 Å². The number of hydrogen-bond donors (Lipinski definition) is 1. The van der Waals surface area contributed by atoms with E-state index in [4.69, 9.17) is 0 Å². The molecule has 1 heterocycles. The van der Waals surface area contributed by atoms with Gasteiger partial charge in [-0.05, 0) is 24.5 Å². The summed E-state index contributed by atoms with van der Waals surface area (Å²) in [5.41, 5.74) is 1.23. The van der Waals surface area contributed by atoms with E-state index < -0.39 is 11.4 Å². The highest BCUT2D eigenvalue weighted by atomic mass is 16.4. The molecule has 0 unspecified atom stereocenters. The molecule has 19 heavy (non-hydrogen) atoms. The second kappa shape index (κ2) is 4.37. The monoisotopic (exact) mass is 258 g/mol. The number of carbonyl (C=O) groups is 1. The summed E-state index contributed by atoms with van der Waals surface area (Å²) in [7, 11) is 1.89. The molecular weight excluding hydrogens is 240 g/mol. The summed E-state index contributed by atoms with van der Waals surface area (Å²) in [5, 5.41) is 15.0. The van der Waals surface area contributed by atoms with Gasteiger partial charge in [-0.2, -0.15) is 5.10 Å². The van der Waals surface area contributed by atoms with E-state index in [0.29, 0.717) is 0 Å². The molecule has 0 spiro atoms. The minimum atomic E-state index is -0.698. The van der Waals surface area contributed by atoms with Crippen LogP contribution >= 0.6 is 0 Å². The van der Waals surface area contributed by atoms with Crippen LogP contribution in [0.15, 0.2) is 24.4 Å². The van der Waals surface area contributed by atoms with E-state index in [1.54, 1.807) is 4.68 Å². The maximum atomic E-state index is 11.8. The molecule has 0 aliphatic heterocycles. The van der Waals surface area contributed by atoms with Gasteiger partial charge in [0.25, 0.3) is 0 Å². The van der Waals surface area contributed by atoms with Crippen molar-refractivity contribution < 1.29 is 9.90 Å². The van der Waals surface area contributed by atoms with E-state index in [1.165, 1.54) is 0 Å². The lowest BCUT2D eigenvalue weighted by Crippen LogP contribution is -2.37. The summed E-state index contributed by atoms with van der Waals surface area (Å²) < 4.78 is 1.80. The summed E-state index contributed by atoms with van der Waals surface area (Å²) in [6, 6.07) is 5.95. The van der Waals surface area contributed by atoms with Crippen molar-refractivity contribution in [2.45, 2.75) is 37.5 Å². The van der Waals surface area contributed by atoms with Gasteiger partial charge in [-0.1, -0.05) is 31.4 Å². The molecule has 1 N–H and O–H groups in total. The Hall–Kier alpha value is -1.84. The highest BCUT2D eigenvalue weighted by Gasteiger charge is 2.41. The van der Waals surface area contributed by atoms with Crippen LogP contribution in [-0.4, -0.2) is 20.9 Å². The molecule has 0 saturated heterocycles. The van der Waals surface area contributed by atoms with Crippen LogP contribution in [0.1, 0.15) is 37.7 Å². The Morgan fingerprint density at radius 2 is 2.05 bits per heavy atom. The van der Waals surface area contributed by atoms with Gasteiger partial charge in [-0.25, -0.2) is 0 Å². The van der Waals surface area contributed by atoms with Gasteiger partial charge >= 0.3 is 5.97 Å². The van der Waals surface area contributed by atoms with Gasteiger partial charge in [-0.15, -0.1) is 0 Å². The van der Waals surface area contributed by atoms with Crippen LogP contribution in [0, 0.1) is 0 Å². The first-order valence-electron chi connectivity index (χ1n) is 6.79. The SMILES string of the molecule is Cn1ncc2ccc(C3(C(=O)O)CCCCC3)cc21. The first-order valence-corrected chi connectivity index (χ1v) is 6.79.